The number of cyclic esters (lactones) is 1. The van der Waals surface area contributed by atoms with Gasteiger partial charge in [-0.2, -0.15) is 0 Å². The zero-order valence-corrected chi connectivity index (χ0v) is 23.6. The summed E-state index contributed by atoms with van der Waals surface area (Å²) in [5.41, 5.74) is -0.647. The molecule has 9 nitrogen and oxygen atoms in total. The van der Waals surface area contributed by atoms with Crippen LogP contribution in [-0.4, -0.2) is 90.9 Å². The number of aliphatic hydroxyl groups is 2. The van der Waals surface area contributed by atoms with Gasteiger partial charge in [0.05, 0.1) is 24.9 Å². The van der Waals surface area contributed by atoms with E-state index in [9.17, 15) is 19.8 Å². The van der Waals surface area contributed by atoms with Gasteiger partial charge in [-0.1, -0.05) is 13.8 Å². The largest absolute Gasteiger partial charge is 0.458 e. The molecule has 2 aliphatic heterocycles. The monoisotopic (exact) mass is 545 g/mol. The van der Waals surface area contributed by atoms with Crippen LogP contribution in [0.5, 0.6) is 0 Å². The van der Waals surface area contributed by atoms with E-state index in [2.05, 4.69) is 29.4 Å². The summed E-state index contributed by atoms with van der Waals surface area (Å²) < 4.78 is 10.6. The molecule has 218 valence electrons. The fraction of sp³-hybridized carbons (Fsp3) is 0.867. The van der Waals surface area contributed by atoms with E-state index in [0.717, 1.165) is 76.9 Å². The number of nitrogens with zero attached hydrogens (tertiary/aromatic N) is 1. The van der Waals surface area contributed by atoms with Crippen molar-refractivity contribution in [2.45, 2.75) is 83.0 Å². The first-order chi connectivity index (χ1) is 18.6. The number of urea groups is 1. The van der Waals surface area contributed by atoms with Gasteiger partial charge in [-0.25, -0.2) is 9.59 Å². The first-order valence-corrected chi connectivity index (χ1v) is 15.3. The van der Waals surface area contributed by atoms with Crippen molar-refractivity contribution in [3.8, 4) is 0 Å². The average Bonchev–Trinajstić information content (AvgIpc) is 3.46. The standard InChI is InChI=1S/C30H47N3O6/c1-28-7-5-21(32-27(36)31-9-10-33-11-13-38-14-12-33)16-20(28)3-4-23-24(28)17-25(34)29(2)22(6-8-30(23,29)37)19-15-26(35)39-18-19/h15,20-25,34,37H,3-14,16-18H2,1-2H3,(H2,31,32,36)/t20-,21+,22-,23-,24+,25-,28+,29+,30+/m1/s1. The van der Waals surface area contributed by atoms with Crippen molar-refractivity contribution in [1.82, 2.24) is 15.5 Å². The highest BCUT2D eigenvalue weighted by Gasteiger charge is 2.70. The van der Waals surface area contributed by atoms with Crippen LogP contribution in [0.3, 0.4) is 0 Å². The smallest absolute Gasteiger partial charge is 0.331 e. The molecule has 1 saturated heterocycles. The molecule has 5 fully saturated rings. The lowest BCUT2D eigenvalue weighted by Crippen LogP contribution is -2.67. The van der Waals surface area contributed by atoms with Crippen LogP contribution in [0.25, 0.3) is 0 Å². The summed E-state index contributed by atoms with van der Waals surface area (Å²) >= 11 is 0. The van der Waals surface area contributed by atoms with Crippen LogP contribution in [-0.2, 0) is 14.3 Å². The lowest BCUT2D eigenvalue weighted by atomic mass is 9.42. The van der Waals surface area contributed by atoms with Gasteiger partial charge in [0.1, 0.15) is 6.61 Å². The van der Waals surface area contributed by atoms with Crippen molar-refractivity contribution in [3.05, 3.63) is 11.6 Å². The molecule has 6 rings (SSSR count). The minimum absolute atomic E-state index is 0.0304. The number of esters is 1. The summed E-state index contributed by atoms with van der Waals surface area (Å²) in [6, 6.07) is 0.0805. The van der Waals surface area contributed by atoms with E-state index in [4.69, 9.17) is 9.47 Å². The molecule has 0 unspecified atom stereocenters. The molecule has 0 aromatic heterocycles. The third kappa shape index (κ3) is 4.52. The van der Waals surface area contributed by atoms with E-state index in [1.165, 1.54) is 0 Å². The van der Waals surface area contributed by atoms with Crippen molar-refractivity contribution < 1.29 is 29.3 Å². The topological polar surface area (TPSA) is 120 Å². The van der Waals surface area contributed by atoms with Gasteiger partial charge in [0.25, 0.3) is 0 Å². The lowest BCUT2D eigenvalue weighted by molar-refractivity contribution is -0.242. The minimum atomic E-state index is -0.948. The molecule has 0 bridgehead atoms. The molecule has 4 N–H and O–H groups in total. The molecular weight excluding hydrogens is 498 g/mol. The summed E-state index contributed by atoms with van der Waals surface area (Å²) in [6.07, 6.45) is 7.95. The quantitative estimate of drug-likeness (QED) is 0.391. The number of hydrogen-bond acceptors (Lipinski definition) is 7. The zero-order valence-electron chi connectivity index (χ0n) is 23.6. The first-order valence-electron chi connectivity index (χ1n) is 15.3. The Morgan fingerprint density at radius 3 is 2.64 bits per heavy atom. The molecule has 4 aliphatic carbocycles. The van der Waals surface area contributed by atoms with Gasteiger partial charge in [-0.15, -0.1) is 0 Å². The number of hydrogen-bond donors (Lipinski definition) is 4. The Balaban J connectivity index is 1.09. The maximum atomic E-state index is 12.7. The summed E-state index contributed by atoms with van der Waals surface area (Å²) in [7, 11) is 0. The Labute approximate surface area is 232 Å². The van der Waals surface area contributed by atoms with Gasteiger partial charge in [-0.05, 0) is 86.0 Å². The number of ether oxygens (including phenoxy) is 2. The van der Waals surface area contributed by atoms with E-state index >= 15 is 0 Å². The maximum Gasteiger partial charge on any atom is 0.331 e. The number of rotatable bonds is 5. The van der Waals surface area contributed by atoms with Gasteiger partial charge < -0.3 is 30.3 Å². The summed E-state index contributed by atoms with van der Waals surface area (Å²) in [4.78, 5) is 26.8. The van der Waals surface area contributed by atoms with Gasteiger partial charge in [0.2, 0.25) is 0 Å². The molecule has 0 aromatic rings. The number of aliphatic hydroxyl groups excluding tert-OH is 1. The predicted molar refractivity (Wildman–Crippen MR) is 145 cm³/mol. The summed E-state index contributed by atoms with van der Waals surface area (Å²) in [6.45, 7) is 9.57. The average molecular weight is 546 g/mol. The highest BCUT2D eigenvalue weighted by Crippen LogP contribution is 2.69. The van der Waals surface area contributed by atoms with Gasteiger partial charge >= 0.3 is 12.0 Å². The van der Waals surface area contributed by atoms with Crippen LogP contribution in [0.15, 0.2) is 11.6 Å². The molecule has 9 atom stereocenters. The van der Waals surface area contributed by atoms with E-state index in [0.29, 0.717) is 25.3 Å². The van der Waals surface area contributed by atoms with Gasteiger partial charge in [-0.3, -0.25) is 4.90 Å². The fourth-order valence-electron chi connectivity index (χ4n) is 9.91. The van der Waals surface area contributed by atoms with Crippen LogP contribution in [0.2, 0.25) is 0 Å². The maximum absolute atomic E-state index is 12.7. The van der Waals surface area contributed by atoms with Crippen LogP contribution in [0, 0.1) is 34.5 Å². The number of nitrogens with one attached hydrogen (secondary N) is 2. The molecule has 9 heteroatoms. The number of morpholine rings is 1. The van der Waals surface area contributed by atoms with Crippen molar-refractivity contribution in [2.24, 2.45) is 34.5 Å². The molecule has 0 aromatic carbocycles. The van der Waals surface area contributed by atoms with Crippen LogP contribution in [0.1, 0.15) is 65.2 Å². The molecular formula is C30H47N3O6. The molecule has 2 amide bonds. The second kappa shape index (κ2) is 10.3. The van der Waals surface area contributed by atoms with E-state index < -0.39 is 17.1 Å². The number of amides is 2. The van der Waals surface area contributed by atoms with Crippen molar-refractivity contribution >= 4 is 12.0 Å². The van der Waals surface area contributed by atoms with E-state index in [1.807, 2.05) is 0 Å². The second-order valence-electron chi connectivity index (χ2n) is 13.7. The molecule has 4 saturated carbocycles. The van der Waals surface area contributed by atoms with Crippen LogP contribution in [0.4, 0.5) is 4.79 Å². The number of carbonyl (C=O) groups is 2. The van der Waals surface area contributed by atoms with Gasteiger partial charge in [0.15, 0.2) is 0 Å². The van der Waals surface area contributed by atoms with E-state index in [1.54, 1.807) is 6.08 Å². The minimum Gasteiger partial charge on any atom is -0.458 e. The SMILES string of the molecule is C[C@]12CC[C@H](NC(=O)NCCN3CCOCC3)C[C@H]1CC[C@@H]1[C@@H]2C[C@@H](O)[C@]2(C)[C@@H](C3=CC(=O)OC3)CC[C@]12O. The Morgan fingerprint density at radius 2 is 1.90 bits per heavy atom. The Morgan fingerprint density at radius 1 is 1.10 bits per heavy atom. The number of fused-ring (bicyclic) bond motifs is 5. The Kier molecular flexibility index (Phi) is 7.26. The normalized spacial score (nSPS) is 45.9. The zero-order chi connectivity index (χ0) is 27.4. The molecule has 2 heterocycles. The third-order valence-corrected chi connectivity index (χ3v) is 12.2. The highest BCUT2D eigenvalue weighted by atomic mass is 16.5. The summed E-state index contributed by atoms with van der Waals surface area (Å²) in [5, 5.41) is 30.4. The first kappa shape index (κ1) is 27.5. The van der Waals surface area contributed by atoms with Crippen molar-refractivity contribution in [2.75, 3.05) is 46.0 Å². The van der Waals surface area contributed by atoms with Gasteiger partial charge in [0, 0.05) is 43.7 Å². The molecule has 6 aliphatic rings. The predicted octanol–water partition coefficient (Wildman–Crippen LogP) is 2.21. The Bertz CT molecular complexity index is 999. The Hall–Kier alpha value is -1.68. The second-order valence-corrected chi connectivity index (χ2v) is 13.7. The van der Waals surface area contributed by atoms with Crippen LogP contribution < -0.4 is 10.6 Å². The molecule has 39 heavy (non-hydrogen) atoms. The van der Waals surface area contributed by atoms with Crippen LogP contribution >= 0.6 is 0 Å². The molecule has 0 spiro atoms. The lowest BCUT2D eigenvalue weighted by Gasteiger charge is -2.65. The van der Waals surface area contributed by atoms with E-state index in [-0.39, 0.29) is 47.8 Å². The highest BCUT2D eigenvalue weighted by molar-refractivity contribution is 5.85. The number of carbonyl (C=O) groups excluding carboxylic acids is 2. The van der Waals surface area contributed by atoms with Crippen molar-refractivity contribution in [1.29, 1.82) is 0 Å². The summed E-state index contributed by atoms with van der Waals surface area (Å²) in [5.74, 6) is 0.520. The van der Waals surface area contributed by atoms with Crippen molar-refractivity contribution in [3.63, 3.8) is 0 Å². The third-order valence-electron chi connectivity index (χ3n) is 12.2. The molecule has 0 radical (unpaired) electrons. The fourth-order valence-corrected chi connectivity index (χ4v) is 9.91.